The van der Waals surface area contributed by atoms with E-state index in [-0.39, 0.29) is 31.6 Å². The fraction of sp³-hybridized carbons (Fsp3) is 0.385. The number of aromatic hydroxyl groups is 1. The number of benzene rings is 2. The highest BCUT2D eigenvalue weighted by molar-refractivity contribution is 5.94. The van der Waals surface area contributed by atoms with Crippen LogP contribution in [0.4, 0.5) is 0 Å². The Morgan fingerprint density at radius 3 is 2.37 bits per heavy atom. The Balaban J connectivity index is 2.09. The summed E-state index contributed by atoms with van der Waals surface area (Å²) in [5.74, 6) is -2.88. The maximum absolute atomic E-state index is 13.3. The molecule has 0 aliphatic carbocycles. The molecule has 0 saturated heterocycles. The first-order valence-corrected chi connectivity index (χ1v) is 12.2. The lowest BCUT2D eigenvalue weighted by atomic mass is 9.93. The second kappa shape index (κ2) is 12.5. The summed E-state index contributed by atoms with van der Waals surface area (Å²) in [6.07, 6.45) is -1.31. The number of carbonyl (C=O) groups is 4. The third-order valence-corrected chi connectivity index (χ3v) is 6.45. The number of nitrogens with two attached hydrogens (primary N) is 3. The summed E-state index contributed by atoms with van der Waals surface area (Å²) in [7, 11) is 0. The van der Waals surface area contributed by atoms with E-state index in [9.17, 15) is 29.4 Å². The molecule has 2 aromatic carbocycles. The zero-order chi connectivity index (χ0) is 28.0. The highest BCUT2D eigenvalue weighted by Gasteiger charge is 2.30. The van der Waals surface area contributed by atoms with Gasteiger partial charge in [-0.3, -0.25) is 19.2 Å². The van der Waals surface area contributed by atoms with Gasteiger partial charge < -0.3 is 43.4 Å². The van der Waals surface area contributed by atoms with E-state index in [4.69, 9.17) is 17.2 Å². The Labute approximate surface area is 219 Å². The van der Waals surface area contributed by atoms with Crippen LogP contribution in [0.25, 0.3) is 11.1 Å². The van der Waals surface area contributed by atoms with Gasteiger partial charge in [0.15, 0.2) is 0 Å². The molecule has 0 unspecified atom stereocenters. The van der Waals surface area contributed by atoms with Crippen molar-refractivity contribution >= 4 is 23.6 Å². The number of carbonyl (C=O) groups excluding carboxylic acids is 4. The van der Waals surface area contributed by atoms with Gasteiger partial charge in [-0.05, 0) is 46.9 Å². The molecule has 0 saturated carbocycles. The molecule has 204 valence electrons. The molecule has 2 aromatic rings. The van der Waals surface area contributed by atoms with E-state index in [1.807, 2.05) is 25.1 Å². The predicted molar refractivity (Wildman–Crippen MR) is 139 cm³/mol. The molecule has 0 spiro atoms. The Kier molecular flexibility index (Phi) is 9.40. The summed E-state index contributed by atoms with van der Waals surface area (Å²) in [6.45, 7) is 1.26. The van der Waals surface area contributed by atoms with Crippen LogP contribution in [0.3, 0.4) is 0 Å². The number of phenols is 1. The first-order chi connectivity index (χ1) is 18.0. The molecular weight excluding hydrogens is 492 g/mol. The van der Waals surface area contributed by atoms with Crippen LogP contribution in [0.2, 0.25) is 0 Å². The molecule has 0 fully saturated rings. The van der Waals surface area contributed by atoms with E-state index in [2.05, 4.69) is 16.0 Å². The van der Waals surface area contributed by atoms with Crippen molar-refractivity contribution in [3.05, 3.63) is 53.1 Å². The summed E-state index contributed by atoms with van der Waals surface area (Å²) < 4.78 is 0. The molecule has 1 aliphatic heterocycles. The number of fused-ring (bicyclic) bond motifs is 5. The minimum absolute atomic E-state index is 0.0177. The number of primary amides is 1. The highest BCUT2D eigenvalue weighted by atomic mass is 16.3. The number of phenolic OH excluding ortho intramolecular Hbond substituents is 1. The van der Waals surface area contributed by atoms with Gasteiger partial charge in [0.05, 0.1) is 18.7 Å². The van der Waals surface area contributed by atoms with Gasteiger partial charge in [-0.2, -0.15) is 0 Å². The zero-order valence-corrected chi connectivity index (χ0v) is 21.1. The molecule has 0 aromatic heterocycles. The Morgan fingerprint density at radius 1 is 1.05 bits per heavy atom. The molecule has 12 nitrogen and oxygen atoms in total. The number of amides is 4. The van der Waals surface area contributed by atoms with E-state index in [1.165, 1.54) is 6.07 Å². The summed E-state index contributed by atoms with van der Waals surface area (Å²) >= 11 is 0. The standard InChI is InChI=1S/C26H34N6O6/c1-13-2-3-14-6-16(13)9-20(25(37)30-12-23(29)35)32-26(38)21(10-18(33)11-27)31-24(36)19(28)8-17-7-15(14)4-5-22(17)34/h2-7,18-21,33-34H,8-12,27-28H2,1H3,(H2,29,35)(H,30,37)(H,31,36)(H,32,38)/t18-,19+,20+,21+/m1/s1. The molecule has 1 heterocycles. The monoisotopic (exact) mass is 526 g/mol. The molecule has 0 radical (unpaired) electrons. The Morgan fingerprint density at radius 2 is 1.71 bits per heavy atom. The average molecular weight is 527 g/mol. The number of rotatable bonds is 6. The molecule has 12 heteroatoms. The van der Waals surface area contributed by atoms with E-state index in [1.54, 1.807) is 12.1 Å². The van der Waals surface area contributed by atoms with Crippen LogP contribution in [0.1, 0.15) is 23.1 Å². The van der Waals surface area contributed by atoms with Crippen LogP contribution in [-0.4, -0.2) is 71.2 Å². The van der Waals surface area contributed by atoms with E-state index in [0.29, 0.717) is 5.56 Å². The largest absolute Gasteiger partial charge is 0.508 e. The smallest absolute Gasteiger partial charge is 0.243 e. The number of hydrogen-bond donors (Lipinski definition) is 8. The van der Waals surface area contributed by atoms with Gasteiger partial charge in [0.2, 0.25) is 23.6 Å². The van der Waals surface area contributed by atoms with E-state index in [0.717, 1.165) is 22.3 Å². The average Bonchev–Trinajstić information content (AvgIpc) is 2.88. The topological polar surface area (TPSA) is 223 Å². The Bertz CT molecular complexity index is 1220. The normalized spacial score (nSPS) is 20.8. The van der Waals surface area contributed by atoms with E-state index < -0.39 is 54.4 Å². The summed E-state index contributed by atoms with van der Waals surface area (Å²) in [4.78, 5) is 50.5. The van der Waals surface area contributed by atoms with Crippen LogP contribution in [0.15, 0.2) is 36.4 Å². The number of aliphatic hydroxyl groups excluding tert-OH is 1. The summed E-state index contributed by atoms with van der Waals surface area (Å²) in [5.41, 5.74) is 20.4. The maximum Gasteiger partial charge on any atom is 0.243 e. The van der Waals surface area contributed by atoms with Gasteiger partial charge in [0.25, 0.3) is 0 Å². The van der Waals surface area contributed by atoms with Crippen LogP contribution < -0.4 is 33.2 Å². The lowest BCUT2D eigenvalue weighted by Crippen LogP contribution is -2.57. The van der Waals surface area contributed by atoms with Crippen molar-refractivity contribution < 1.29 is 29.4 Å². The first-order valence-electron chi connectivity index (χ1n) is 12.2. The number of hydrogen-bond acceptors (Lipinski definition) is 8. The van der Waals surface area contributed by atoms with Gasteiger partial charge >= 0.3 is 0 Å². The molecule has 3 rings (SSSR count). The SMILES string of the molecule is Cc1ccc2cc1C[C@@H](C(=O)NCC(N)=O)NC(=O)[C@H](C[C@@H](O)CN)NC(=O)[C@@H](N)Cc1cc-2ccc1O. The maximum atomic E-state index is 13.3. The molecule has 4 amide bonds. The Hall–Kier alpha value is -4.00. The number of aryl methyl sites for hydroxylation is 1. The van der Waals surface area contributed by atoms with Crippen molar-refractivity contribution in [2.45, 2.75) is 50.4 Å². The van der Waals surface area contributed by atoms with Crippen LogP contribution in [0.5, 0.6) is 5.75 Å². The quantitative estimate of drug-likeness (QED) is 0.211. The van der Waals surface area contributed by atoms with Crippen molar-refractivity contribution in [2.24, 2.45) is 17.2 Å². The lowest BCUT2D eigenvalue weighted by Gasteiger charge is -2.25. The van der Waals surface area contributed by atoms with Gasteiger partial charge in [-0.1, -0.05) is 24.3 Å². The first kappa shape index (κ1) is 28.6. The molecule has 1 aliphatic rings. The van der Waals surface area contributed by atoms with Crippen molar-refractivity contribution in [3.63, 3.8) is 0 Å². The summed E-state index contributed by atoms with van der Waals surface area (Å²) in [6, 6.07) is 7.04. The van der Waals surface area contributed by atoms with Crippen LogP contribution >= 0.6 is 0 Å². The second-order valence-corrected chi connectivity index (χ2v) is 9.43. The lowest BCUT2D eigenvalue weighted by molar-refractivity contribution is -0.133. The van der Waals surface area contributed by atoms with Crippen molar-refractivity contribution in [2.75, 3.05) is 13.1 Å². The minimum Gasteiger partial charge on any atom is -0.508 e. The van der Waals surface area contributed by atoms with Crippen molar-refractivity contribution in [1.29, 1.82) is 0 Å². The highest BCUT2D eigenvalue weighted by Crippen LogP contribution is 2.29. The number of nitrogens with one attached hydrogen (secondary N) is 3. The molecule has 38 heavy (non-hydrogen) atoms. The molecule has 4 atom stereocenters. The fourth-order valence-corrected chi connectivity index (χ4v) is 4.21. The van der Waals surface area contributed by atoms with E-state index >= 15 is 0 Å². The zero-order valence-electron chi connectivity index (χ0n) is 21.1. The van der Waals surface area contributed by atoms with Gasteiger partial charge in [-0.25, -0.2) is 0 Å². The van der Waals surface area contributed by atoms with Crippen molar-refractivity contribution in [3.8, 4) is 16.9 Å². The minimum atomic E-state index is -1.27. The molecule has 11 N–H and O–H groups in total. The van der Waals surface area contributed by atoms with Crippen molar-refractivity contribution in [1.82, 2.24) is 16.0 Å². The predicted octanol–water partition coefficient (Wildman–Crippen LogP) is -1.93. The molecular formula is C26H34N6O6. The third kappa shape index (κ3) is 7.28. The summed E-state index contributed by atoms with van der Waals surface area (Å²) in [5, 5.41) is 28.1. The van der Waals surface area contributed by atoms with Crippen LogP contribution in [0, 0.1) is 6.92 Å². The van der Waals surface area contributed by atoms with Gasteiger partial charge in [0, 0.05) is 25.8 Å². The molecule has 4 bridgehead atoms. The van der Waals surface area contributed by atoms with Gasteiger partial charge in [0.1, 0.15) is 17.8 Å². The number of aliphatic hydroxyl groups is 1. The fourth-order valence-electron chi connectivity index (χ4n) is 4.21. The third-order valence-electron chi connectivity index (χ3n) is 6.45. The van der Waals surface area contributed by atoms with Gasteiger partial charge in [-0.15, -0.1) is 0 Å². The second-order valence-electron chi connectivity index (χ2n) is 9.43. The van der Waals surface area contributed by atoms with Crippen LogP contribution in [-0.2, 0) is 32.0 Å².